The summed E-state index contributed by atoms with van der Waals surface area (Å²) < 4.78 is 50.1. The molecule has 3 aromatic rings. The molecule has 7 nitrogen and oxygen atoms in total. The van der Waals surface area contributed by atoms with Gasteiger partial charge in [-0.1, -0.05) is 30.3 Å². The number of hydrogen-bond donors (Lipinski definition) is 0. The number of methoxy groups -OCH3 is 1. The van der Waals surface area contributed by atoms with Crippen LogP contribution in [-0.4, -0.2) is 84.4 Å². The number of carbonyl (C=O) groups is 1. The predicted octanol–water partition coefficient (Wildman–Crippen LogP) is 5.96. The maximum Gasteiger partial charge on any atom is 0.398 e. The first-order chi connectivity index (χ1) is 20.7. The van der Waals surface area contributed by atoms with Gasteiger partial charge in [0.25, 0.3) is 5.91 Å². The first-order valence-corrected chi connectivity index (χ1v) is 15.7. The van der Waals surface area contributed by atoms with Crippen LogP contribution in [0.5, 0.6) is 0 Å². The van der Waals surface area contributed by atoms with Crippen molar-refractivity contribution in [1.82, 2.24) is 19.8 Å². The monoisotopic (exact) mass is 614 g/mol. The van der Waals surface area contributed by atoms with Crippen molar-refractivity contribution in [2.24, 2.45) is 5.41 Å². The number of hydrogen-bond acceptors (Lipinski definition) is 7. The Labute approximate surface area is 254 Å². The largest absolute Gasteiger partial charge is 0.398 e. The van der Waals surface area contributed by atoms with E-state index in [9.17, 15) is 18.0 Å². The molecule has 3 aliphatic heterocycles. The number of ether oxygens (including phenoxy) is 2. The number of alkyl halides is 3. The molecule has 1 aliphatic carbocycles. The van der Waals surface area contributed by atoms with E-state index in [4.69, 9.17) is 9.47 Å². The maximum absolute atomic E-state index is 13.1. The van der Waals surface area contributed by atoms with Gasteiger partial charge in [0.2, 0.25) is 0 Å². The number of likely N-dealkylation sites (tertiary alicyclic amines) is 2. The Morgan fingerprint density at radius 1 is 1.12 bits per heavy atom. The third-order valence-corrected chi connectivity index (χ3v) is 9.86. The zero-order valence-corrected chi connectivity index (χ0v) is 25.1. The van der Waals surface area contributed by atoms with Gasteiger partial charge in [-0.2, -0.15) is 13.2 Å². The summed E-state index contributed by atoms with van der Waals surface area (Å²) in [7, 11) is 1.59. The molecule has 0 radical (unpaired) electrons. The van der Waals surface area contributed by atoms with Crippen molar-refractivity contribution < 1.29 is 27.4 Å². The molecule has 1 amide bonds. The van der Waals surface area contributed by atoms with E-state index in [0.29, 0.717) is 23.7 Å². The molecule has 1 saturated carbocycles. The fourth-order valence-electron chi connectivity index (χ4n) is 6.64. The highest BCUT2D eigenvalue weighted by Crippen LogP contribution is 2.59. The van der Waals surface area contributed by atoms with E-state index in [1.165, 1.54) is 24.2 Å². The fraction of sp³-hybridized carbons (Fsp3) is 0.531. The summed E-state index contributed by atoms with van der Waals surface area (Å²) in [5.41, 5.74) is 3.12. The zero-order chi connectivity index (χ0) is 30.1. The Hall–Kier alpha value is -2.86. The lowest BCUT2D eigenvalue weighted by Gasteiger charge is -2.48. The Balaban J connectivity index is 0.000000153. The van der Waals surface area contributed by atoms with Crippen LogP contribution >= 0.6 is 11.3 Å². The van der Waals surface area contributed by atoms with Crippen molar-refractivity contribution in [3.63, 3.8) is 0 Å². The first kappa shape index (κ1) is 30.2. The molecular weight excluding hydrogens is 577 g/mol. The summed E-state index contributed by atoms with van der Waals surface area (Å²) in [6, 6.07) is 12.1. The number of benzene rings is 1. The zero-order valence-electron chi connectivity index (χ0n) is 24.3. The number of rotatable bonds is 7. The van der Waals surface area contributed by atoms with Gasteiger partial charge in [0, 0.05) is 57.4 Å². The standard InChI is InChI=1S/C17H16F3NO.C15H21N3O2S/c1-22-11-14-3-2-4-15(21-14)12-5-7-13(8-6-12)16(9-10-16)17(18,19)20;19-14(13-6-16-11-21-13)18-4-3-15(10-18)8-17(9-15)7-12-2-1-5-20-12/h2-8H,9-11H2,1H3;6,11-12H,1-5,7-10H2. The molecule has 43 heavy (non-hydrogen) atoms. The topological polar surface area (TPSA) is 67.8 Å². The van der Waals surface area contributed by atoms with Crippen LogP contribution in [0.1, 0.15) is 53.0 Å². The minimum absolute atomic E-state index is 0.159. The highest BCUT2D eigenvalue weighted by molar-refractivity contribution is 7.11. The lowest BCUT2D eigenvalue weighted by Crippen LogP contribution is -2.59. The molecule has 7 rings (SSSR count). The van der Waals surface area contributed by atoms with Crippen molar-refractivity contribution >= 4 is 17.2 Å². The van der Waals surface area contributed by atoms with Gasteiger partial charge >= 0.3 is 6.18 Å². The van der Waals surface area contributed by atoms with Crippen LogP contribution in [0.25, 0.3) is 11.3 Å². The molecule has 0 bridgehead atoms. The summed E-state index contributed by atoms with van der Waals surface area (Å²) in [5.74, 6) is 0.159. The minimum Gasteiger partial charge on any atom is -0.378 e. The number of aromatic nitrogens is 2. The Bertz CT molecular complexity index is 1380. The van der Waals surface area contributed by atoms with E-state index in [2.05, 4.69) is 14.9 Å². The quantitative estimate of drug-likeness (QED) is 0.327. The number of nitrogens with zero attached hydrogens (tertiary/aromatic N) is 4. The number of pyridine rings is 1. The smallest absolute Gasteiger partial charge is 0.378 e. The third kappa shape index (κ3) is 6.50. The Morgan fingerprint density at radius 2 is 1.91 bits per heavy atom. The normalized spacial score (nSPS) is 22.2. The van der Waals surface area contributed by atoms with Gasteiger partial charge in [0.1, 0.15) is 4.88 Å². The van der Waals surface area contributed by atoms with Gasteiger partial charge in [-0.05, 0) is 49.8 Å². The summed E-state index contributed by atoms with van der Waals surface area (Å²) >= 11 is 1.44. The van der Waals surface area contributed by atoms with Gasteiger partial charge in [-0.15, -0.1) is 11.3 Å². The van der Waals surface area contributed by atoms with Gasteiger partial charge in [-0.25, -0.2) is 0 Å². The second kappa shape index (κ2) is 12.3. The molecule has 4 aliphatic rings. The maximum atomic E-state index is 13.1. The third-order valence-electron chi connectivity index (χ3n) is 9.10. The van der Waals surface area contributed by atoms with Crippen LogP contribution in [0, 0.1) is 5.41 Å². The van der Waals surface area contributed by atoms with Crippen LogP contribution in [0.2, 0.25) is 0 Å². The van der Waals surface area contributed by atoms with Crippen molar-refractivity contribution in [2.45, 2.75) is 56.4 Å². The average molecular weight is 615 g/mol. The molecule has 2 aromatic heterocycles. The van der Waals surface area contributed by atoms with E-state index < -0.39 is 11.6 Å². The molecule has 3 saturated heterocycles. The fourth-order valence-corrected chi connectivity index (χ4v) is 7.23. The lowest BCUT2D eigenvalue weighted by atomic mass is 9.79. The van der Waals surface area contributed by atoms with Crippen LogP contribution in [0.3, 0.4) is 0 Å². The average Bonchev–Trinajstić information content (AvgIpc) is 3.34. The van der Waals surface area contributed by atoms with E-state index >= 15 is 0 Å². The van der Waals surface area contributed by atoms with E-state index in [0.717, 1.165) is 67.6 Å². The van der Waals surface area contributed by atoms with E-state index in [-0.39, 0.29) is 18.7 Å². The molecule has 1 spiro atoms. The highest BCUT2D eigenvalue weighted by atomic mass is 32.1. The Morgan fingerprint density at radius 3 is 2.53 bits per heavy atom. The van der Waals surface area contributed by atoms with Gasteiger partial charge < -0.3 is 14.4 Å². The lowest BCUT2D eigenvalue weighted by molar-refractivity contribution is -0.160. The summed E-state index contributed by atoms with van der Waals surface area (Å²) in [6.45, 7) is 6.46. The second-order valence-electron chi connectivity index (χ2n) is 12.3. The predicted molar refractivity (Wildman–Crippen MR) is 158 cm³/mol. The molecule has 11 heteroatoms. The van der Waals surface area contributed by atoms with E-state index in [1.807, 2.05) is 23.1 Å². The van der Waals surface area contributed by atoms with E-state index in [1.54, 1.807) is 43.1 Å². The molecule has 0 N–H and O–H groups in total. The number of thiazole rings is 1. The molecule has 230 valence electrons. The highest BCUT2D eigenvalue weighted by Gasteiger charge is 2.64. The summed E-state index contributed by atoms with van der Waals surface area (Å²) in [5, 5.41) is 0. The SMILES string of the molecule is COCc1cccc(-c2ccc(C3(C(F)(F)F)CC3)cc2)n1.O=C(c1cncs1)N1CCC2(CN(CC3CCCO3)C2)C1. The number of carbonyl (C=O) groups excluding carboxylic acids is 1. The Kier molecular flexibility index (Phi) is 8.61. The summed E-state index contributed by atoms with van der Waals surface area (Å²) in [6.07, 6.45) is 1.86. The van der Waals surface area contributed by atoms with Crippen molar-refractivity contribution in [3.05, 3.63) is 70.3 Å². The second-order valence-corrected chi connectivity index (χ2v) is 13.1. The number of halogens is 3. The van der Waals surface area contributed by atoms with Gasteiger partial charge in [0.05, 0.1) is 41.2 Å². The summed E-state index contributed by atoms with van der Waals surface area (Å²) in [4.78, 5) is 26.1. The molecule has 1 unspecified atom stereocenters. The van der Waals surface area contributed by atoms with Crippen molar-refractivity contribution in [1.29, 1.82) is 0 Å². The van der Waals surface area contributed by atoms with Gasteiger partial charge in [-0.3, -0.25) is 19.7 Å². The van der Waals surface area contributed by atoms with Crippen molar-refractivity contribution in [2.75, 3.05) is 46.4 Å². The molecule has 1 aromatic carbocycles. The van der Waals surface area contributed by atoms with Crippen LogP contribution in [0.4, 0.5) is 13.2 Å². The van der Waals surface area contributed by atoms with Crippen LogP contribution in [-0.2, 0) is 21.5 Å². The minimum atomic E-state index is -4.18. The molecular formula is C32H37F3N4O3S. The van der Waals surface area contributed by atoms with Crippen LogP contribution in [0.15, 0.2) is 54.2 Å². The first-order valence-electron chi connectivity index (χ1n) is 14.8. The van der Waals surface area contributed by atoms with Crippen molar-refractivity contribution in [3.8, 4) is 11.3 Å². The van der Waals surface area contributed by atoms with Crippen LogP contribution < -0.4 is 0 Å². The molecule has 1 atom stereocenters. The number of amides is 1. The molecule has 4 fully saturated rings. The van der Waals surface area contributed by atoms with Gasteiger partial charge in [0.15, 0.2) is 0 Å². The molecule has 5 heterocycles.